The molecular formula is C13H21N3O2S. The van der Waals surface area contributed by atoms with Gasteiger partial charge in [-0.1, -0.05) is 0 Å². The Bertz CT molecular complexity index is 449. The van der Waals surface area contributed by atoms with Gasteiger partial charge in [0.25, 0.3) is 5.91 Å². The smallest absolute Gasteiger partial charge is 0.253 e. The molecule has 1 unspecified atom stereocenters. The van der Waals surface area contributed by atoms with Crippen LogP contribution in [0.5, 0.6) is 0 Å². The van der Waals surface area contributed by atoms with Gasteiger partial charge in [-0.25, -0.2) is 4.98 Å². The van der Waals surface area contributed by atoms with Crippen molar-refractivity contribution < 1.29 is 9.53 Å². The second-order valence-corrected chi connectivity index (χ2v) is 6.51. The van der Waals surface area contributed by atoms with Crippen LogP contribution in [0.4, 0.5) is 0 Å². The van der Waals surface area contributed by atoms with Gasteiger partial charge in [0.2, 0.25) is 0 Å². The molecule has 0 spiro atoms. The average molecular weight is 283 g/mol. The Morgan fingerprint density at radius 1 is 1.68 bits per heavy atom. The summed E-state index contributed by atoms with van der Waals surface area (Å²) >= 11 is 1.67. The van der Waals surface area contributed by atoms with E-state index in [2.05, 4.69) is 15.2 Å². The summed E-state index contributed by atoms with van der Waals surface area (Å²) in [5.41, 5.74) is -0.730. The molecule has 2 rings (SSSR count). The van der Waals surface area contributed by atoms with Crippen LogP contribution in [0.3, 0.4) is 0 Å². The quantitative estimate of drug-likeness (QED) is 0.889. The van der Waals surface area contributed by atoms with E-state index in [-0.39, 0.29) is 5.91 Å². The van der Waals surface area contributed by atoms with Gasteiger partial charge in [0.1, 0.15) is 0 Å². The summed E-state index contributed by atoms with van der Waals surface area (Å²) in [7, 11) is 2.01. The fourth-order valence-electron chi connectivity index (χ4n) is 2.19. The Labute approximate surface area is 118 Å². The van der Waals surface area contributed by atoms with E-state index in [1.165, 1.54) is 4.88 Å². The number of nitrogens with zero attached hydrogens (tertiary/aromatic N) is 2. The molecule has 1 aromatic heterocycles. The van der Waals surface area contributed by atoms with Crippen molar-refractivity contribution >= 4 is 17.2 Å². The molecule has 1 atom stereocenters. The lowest BCUT2D eigenvalue weighted by atomic mass is 10.0. The summed E-state index contributed by atoms with van der Waals surface area (Å²) in [6.45, 7) is 6.61. The van der Waals surface area contributed by atoms with E-state index < -0.39 is 5.60 Å². The van der Waals surface area contributed by atoms with E-state index in [1.807, 2.05) is 27.1 Å². The SMILES string of the molecule is Cc1cnc(CCNC(=O)C2(C)CN(C)CCO2)s1. The van der Waals surface area contributed by atoms with Gasteiger partial charge in [-0.3, -0.25) is 4.79 Å². The molecule has 5 nitrogen and oxygen atoms in total. The molecule has 0 aliphatic carbocycles. The van der Waals surface area contributed by atoms with Crippen LogP contribution in [0.15, 0.2) is 6.20 Å². The number of morpholine rings is 1. The zero-order chi connectivity index (χ0) is 13.9. The highest BCUT2D eigenvalue weighted by Crippen LogP contribution is 2.17. The molecular weight excluding hydrogens is 262 g/mol. The van der Waals surface area contributed by atoms with Gasteiger partial charge in [0, 0.05) is 37.1 Å². The highest BCUT2D eigenvalue weighted by Gasteiger charge is 2.37. The van der Waals surface area contributed by atoms with Gasteiger partial charge in [-0.15, -0.1) is 11.3 Å². The lowest BCUT2D eigenvalue weighted by molar-refractivity contribution is -0.155. The number of carbonyl (C=O) groups is 1. The number of thiazole rings is 1. The number of carbonyl (C=O) groups excluding carboxylic acids is 1. The van der Waals surface area contributed by atoms with Crippen molar-refractivity contribution in [2.75, 3.05) is 33.3 Å². The molecule has 1 N–H and O–H groups in total. The minimum Gasteiger partial charge on any atom is -0.363 e. The van der Waals surface area contributed by atoms with Gasteiger partial charge < -0.3 is 15.0 Å². The van der Waals surface area contributed by atoms with Crippen LogP contribution in [0, 0.1) is 6.92 Å². The summed E-state index contributed by atoms with van der Waals surface area (Å²) < 4.78 is 5.64. The maximum Gasteiger partial charge on any atom is 0.253 e. The summed E-state index contributed by atoms with van der Waals surface area (Å²) in [6.07, 6.45) is 2.64. The molecule has 19 heavy (non-hydrogen) atoms. The van der Waals surface area contributed by atoms with E-state index >= 15 is 0 Å². The van der Waals surface area contributed by atoms with Crippen molar-refractivity contribution in [3.63, 3.8) is 0 Å². The predicted molar refractivity (Wildman–Crippen MR) is 75.4 cm³/mol. The number of ether oxygens (including phenoxy) is 1. The summed E-state index contributed by atoms with van der Waals surface area (Å²) in [4.78, 5) is 19.8. The summed E-state index contributed by atoms with van der Waals surface area (Å²) in [5.74, 6) is -0.0349. The molecule has 6 heteroatoms. The minimum absolute atomic E-state index is 0.0349. The van der Waals surface area contributed by atoms with Gasteiger partial charge in [0.15, 0.2) is 5.60 Å². The Balaban J connectivity index is 1.80. The van der Waals surface area contributed by atoms with Gasteiger partial charge in [-0.2, -0.15) is 0 Å². The van der Waals surface area contributed by atoms with Crippen molar-refractivity contribution in [2.24, 2.45) is 0 Å². The zero-order valence-electron chi connectivity index (χ0n) is 11.7. The number of amides is 1. The number of hydrogen-bond donors (Lipinski definition) is 1. The van der Waals surface area contributed by atoms with Gasteiger partial charge in [0.05, 0.1) is 11.6 Å². The van der Waals surface area contributed by atoms with Crippen molar-refractivity contribution in [1.29, 1.82) is 0 Å². The van der Waals surface area contributed by atoms with Crippen LogP contribution < -0.4 is 5.32 Å². The first-order valence-corrected chi connectivity index (χ1v) is 7.33. The molecule has 106 valence electrons. The number of aromatic nitrogens is 1. The fraction of sp³-hybridized carbons (Fsp3) is 0.692. The van der Waals surface area contributed by atoms with Crippen LogP contribution in [0.2, 0.25) is 0 Å². The van der Waals surface area contributed by atoms with Crippen LogP contribution in [0.1, 0.15) is 16.8 Å². The van der Waals surface area contributed by atoms with E-state index in [0.29, 0.717) is 19.7 Å². The van der Waals surface area contributed by atoms with Gasteiger partial charge >= 0.3 is 0 Å². The van der Waals surface area contributed by atoms with E-state index in [4.69, 9.17) is 4.74 Å². The minimum atomic E-state index is -0.730. The van der Waals surface area contributed by atoms with Crippen molar-refractivity contribution in [2.45, 2.75) is 25.9 Å². The number of aryl methyl sites for hydroxylation is 1. The second-order valence-electron chi connectivity index (χ2n) is 5.19. The Hall–Kier alpha value is -0.980. The lowest BCUT2D eigenvalue weighted by Gasteiger charge is -2.37. The number of rotatable bonds is 4. The third kappa shape index (κ3) is 3.75. The molecule has 1 aliphatic rings. The zero-order valence-corrected chi connectivity index (χ0v) is 12.5. The molecule has 1 amide bonds. The van der Waals surface area contributed by atoms with Gasteiger partial charge in [-0.05, 0) is 20.9 Å². The highest BCUT2D eigenvalue weighted by atomic mass is 32.1. The molecule has 0 saturated carbocycles. The van der Waals surface area contributed by atoms with Crippen LogP contribution in [-0.2, 0) is 16.0 Å². The van der Waals surface area contributed by atoms with Crippen molar-refractivity contribution in [1.82, 2.24) is 15.2 Å². The van der Waals surface area contributed by atoms with E-state index in [1.54, 1.807) is 11.3 Å². The molecule has 1 fully saturated rings. The lowest BCUT2D eigenvalue weighted by Crippen LogP contribution is -2.57. The second kappa shape index (κ2) is 5.98. The average Bonchev–Trinajstić information content (AvgIpc) is 2.74. The van der Waals surface area contributed by atoms with E-state index in [9.17, 15) is 4.79 Å². The highest BCUT2D eigenvalue weighted by molar-refractivity contribution is 7.11. The topological polar surface area (TPSA) is 54.5 Å². The van der Waals surface area contributed by atoms with Crippen LogP contribution in [-0.4, -0.2) is 54.7 Å². The summed E-state index contributed by atoms with van der Waals surface area (Å²) in [6, 6.07) is 0. The normalized spacial score (nSPS) is 24.4. The fourth-order valence-corrected chi connectivity index (χ4v) is 2.98. The molecule has 0 bridgehead atoms. The largest absolute Gasteiger partial charge is 0.363 e. The Morgan fingerprint density at radius 3 is 3.11 bits per heavy atom. The van der Waals surface area contributed by atoms with Crippen molar-refractivity contribution in [3.8, 4) is 0 Å². The van der Waals surface area contributed by atoms with Crippen molar-refractivity contribution in [3.05, 3.63) is 16.1 Å². The van der Waals surface area contributed by atoms with E-state index in [0.717, 1.165) is 18.0 Å². The first-order valence-electron chi connectivity index (χ1n) is 6.52. The molecule has 2 heterocycles. The number of nitrogens with one attached hydrogen (secondary N) is 1. The molecule has 0 aromatic carbocycles. The Kier molecular flexibility index (Phi) is 4.54. The first kappa shape index (κ1) is 14.4. The standard InChI is InChI=1S/C13H21N3O2S/c1-10-8-15-11(19-10)4-5-14-12(17)13(2)9-16(3)6-7-18-13/h8H,4-7,9H2,1-3H3,(H,14,17). The number of hydrogen-bond acceptors (Lipinski definition) is 5. The maximum atomic E-state index is 12.2. The molecule has 1 aliphatic heterocycles. The maximum absolute atomic E-state index is 12.2. The number of likely N-dealkylation sites (N-methyl/N-ethyl adjacent to an activating group) is 1. The molecule has 1 saturated heterocycles. The van der Waals surface area contributed by atoms with Crippen LogP contribution in [0.25, 0.3) is 0 Å². The molecule has 0 radical (unpaired) electrons. The first-order chi connectivity index (χ1) is 8.99. The monoisotopic (exact) mass is 283 g/mol. The third-order valence-corrected chi connectivity index (χ3v) is 4.21. The van der Waals surface area contributed by atoms with Crippen LogP contribution >= 0.6 is 11.3 Å². The summed E-state index contributed by atoms with van der Waals surface area (Å²) in [5, 5.41) is 4.01. The molecule has 1 aromatic rings. The predicted octanol–water partition coefficient (Wildman–Crippen LogP) is 0.831. The Morgan fingerprint density at radius 2 is 2.47 bits per heavy atom. The third-order valence-electron chi connectivity index (χ3n) is 3.24.